The molecule has 162 valence electrons. The second-order valence-corrected chi connectivity index (χ2v) is 8.32. The van der Waals surface area contributed by atoms with Crippen molar-refractivity contribution in [2.75, 3.05) is 6.61 Å². The lowest BCUT2D eigenvalue weighted by atomic mass is 10.1. The van der Waals surface area contributed by atoms with Gasteiger partial charge in [0.05, 0.1) is 10.6 Å². The molecule has 0 spiro atoms. The molecule has 0 aliphatic carbocycles. The van der Waals surface area contributed by atoms with E-state index in [0.29, 0.717) is 12.3 Å². The standard InChI is InChI=1S/C26H23NO4S/c28-23(29)18-31-22-15-7-9-19(17-22)10-8-16-27-24(20-11-3-1-4-12-20)25(32-26(27)30)21-13-5-2-6-14-21/h1-7,9,11-15,17H,8,10,16,18H2,(H,28,29). The molecule has 0 aliphatic rings. The van der Waals surface area contributed by atoms with E-state index in [1.54, 1.807) is 6.07 Å². The number of rotatable bonds is 9. The van der Waals surface area contributed by atoms with Crippen LogP contribution >= 0.6 is 11.3 Å². The summed E-state index contributed by atoms with van der Waals surface area (Å²) in [6.45, 7) is 0.225. The van der Waals surface area contributed by atoms with E-state index in [2.05, 4.69) is 0 Å². The predicted molar refractivity (Wildman–Crippen MR) is 127 cm³/mol. The van der Waals surface area contributed by atoms with Crippen LogP contribution in [0.1, 0.15) is 12.0 Å². The summed E-state index contributed by atoms with van der Waals surface area (Å²) >= 11 is 1.28. The van der Waals surface area contributed by atoms with Gasteiger partial charge in [-0.3, -0.25) is 9.36 Å². The summed E-state index contributed by atoms with van der Waals surface area (Å²) in [7, 11) is 0. The van der Waals surface area contributed by atoms with Crippen molar-refractivity contribution in [2.45, 2.75) is 19.4 Å². The first-order valence-electron chi connectivity index (χ1n) is 10.4. The van der Waals surface area contributed by atoms with Crippen LogP contribution in [0.15, 0.2) is 89.7 Å². The Hall–Kier alpha value is -3.64. The molecule has 0 bridgehead atoms. The lowest BCUT2D eigenvalue weighted by Gasteiger charge is -2.11. The number of carboxylic acids is 1. The topological polar surface area (TPSA) is 68.5 Å². The van der Waals surface area contributed by atoms with Gasteiger partial charge in [0.2, 0.25) is 0 Å². The van der Waals surface area contributed by atoms with Gasteiger partial charge in [-0.1, -0.05) is 84.1 Å². The molecule has 1 heterocycles. The fraction of sp³-hybridized carbons (Fsp3) is 0.154. The van der Waals surface area contributed by atoms with Crippen LogP contribution in [0, 0.1) is 0 Å². The highest BCUT2D eigenvalue weighted by Gasteiger charge is 2.17. The zero-order valence-corrected chi connectivity index (χ0v) is 18.3. The average molecular weight is 446 g/mol. The molecule has 4 rings (SSSR count). The zero-order chi connectivity index (χ0) is 22.3. The number of aliphatic carboxylic acids is 1. The molecule has 5 nitrogen and oxygen atoms in total. The molecule has 32 heavy (non-hydrogen) atoms. The molecule has 0 unspecified atom stereocenters. The number of nitrogens with zero attached hydrogens (tertiary/aromatic N) is 1. The predicted octanol–water partition coefficient (Wildman–Crippen LogP) is 5.34. The molecule has 1 aromatic heterocycles. The van der Waals surface area contributed by atoms with Crippen molar-refractivity contribution >= 4 is 17.3 Å². The Balaban J connectivity index is 1.57. The maximum atomic E-state index is 13.0. The van der Waals surface area contributed by atoms with Gasteiger partial charge in [0.1, 0.15) is 5.75 Å². The van der Waals surface area contributed by atoms with Gasteiger partial charge in [-0.05, 0) is 41.7 Å². The molecule has 6 heteroatoms. The van der Waals surface area contributed by atoms with Crippen molar-refractivity contribution in [1.82, 2.24) is 4.57 Å². The Morgan fingerprint density at radius 2 is 1.59 bits per heavy atom. The summed E-state index contributed by atoms with van der Waals surface area (Å²) in [5, 5.41) is 8.79. The van der Waals surface area contributed by atoms with Gasteiger partial charge >= 0.3 is 10.8 Å². The van der Waals surface area contributed by atoms with E-state index in [4.69, 9.17) is 9.84 Å². The van der Waals surface area contributed by atoms with Gasteiger partial charge < -0.3 is 9.84 Å². The lowest BCUT2D eigenvalue weighted by Crippen LogP contribution is -2.15. The van der Waals surface area contributed by atoms with E-state index in [1.165, 1.54) is 11.3 Å². The minimum absolute atomic E-state index is 0.0289. The summed E-state index contributed by atoms with van der Waals surface area (Å²) in [6, 6.07) is 27.5. The van der Waals surface area contributed by atoms with E-state index in [9.17, 15) is 9.59 Å². The van der Waals surface area contributed by atoms with Crippen LogP contribution in [0.2, 0.25) is 0 Å². The second-order valence-electron chi connectivity index (χ2n) is 7.36. The zero-order valence-electron chi connectivity index (χ0n) is 17.4. The van der Waals surface area contributed by atoms with Crippen LogP contribution in [0.25, 0.3) is 21.7 Å². The smallest absolute Gasteiger partial charge is 0.341 e. The monoisotopic (exact) mass is 445 g/mol. The summed E-state index contributed by atoms with van der Waals surface area (Å²) in [6.07, 6.45) is 1.52. The highest BCUT2D eigenvalue weighted by molar-refractivity contribution is 7.13. The average Bonchev–Trinajstić information content (AvgIpc) is 3.15. The van der Waals surface area contributed by atoms with Crippen LogP contribution < -0.4 is 9.61 Å². The summed E-state index contributed by atoms with van der Waals surface area (Å²) in [5.74, 6) is -0.469. The largest absolute Gasteiger partial charge is 0.482 e. The van der Waals surface area contributed by atoms with Gasteiger partial charge in [-0.15, -0.1) is 0 Å². The van der Waals surface area contributed by atoms with Crippen LogP contribution in [0.4, 0.5) is 0 Å². The third-order valence-corrected chi connectivity index (χ3v) is 6.11. The molecule has 0 atom stereocenters. The number of aromatic nitrogens is 1. The summed E-state index contributed by atoms with van der Waals surface area (Å²) < 4.78 is 7.14. The number of thiazole rings is 1. The minimum Gasteiger partial charge on any atom is -0.482 e. The number of benzene rings is 3. The number of carboxylic acid groups (broad SMARTS) is 1. The second kappa shape index (κ2) is 10.1. The number of hydrogen-bond donors (Lipinski definition) is 1. The third-order valence-electron chi connectivity index (χ3n) is 5.09. The normalized spacial score (nSPS) is 10.8. The van der Waals surface area contributed by atoms with E-state index >= 15 is 0 Å². The highest BCUT2D eigenvalue weighted by Crippen LogP contribution is 2.34. The molecule has 0 saturated carbocycles. The molecule has 4 aromatic rings. The van der Waals surface area contributed by atoms with Crippen LogP contribution in [0.5, 0.6) is 5.75 Å². The first-order valence-corrected chi connectivity index (χ1v) is 11.2. The molecule has 3 aromatic carbocycles. The first kappa shape index (κ1) is 21.6. The Kier molecular flexibility index (Phi) is 6.82. The maximum absolute atomic E-state index is 13.0. The summed E-state index contributed by atoms with van der Waals surface area (Å²) in [4.78, 5) is 24.7. The Morgan fingerprint density at radius 3 is 2.28 bits per heavy atom. The number of hydrogen-bond acceptors (Lipinski definition) is 4. The summed E-state index contributed by atoms with van der Waals surface area (Å²) in [5.41, 5.74) is 4.05. The van der Waals surface area contributed by atoms with Gasteiger partial charge in [0, 0.05) is 6.54 Å². The maximum Gasteiger partial charge on any atom is 0.341 e. The van der Waals surface area contributed by atoms with Crippen molar-refractivity contribution < 1.29 is 14.6 Å². The fourth-order valence-corrected chi connectivity index (χ4v) is 4.70. The van der Waals surface area contributed by atoms with Crippen LogP contribution in [-0.4, -0.2) is 22.2 Å². The SMILES string of the molecule is O=C(O)COc1cccc(CCCn2c(-c3ccccc3)c(-c3ccccc3)sc2=O)c1. The Labute approximate surface area is 190 Å². The van der Waals surface area contributed by atoms with Crippen molar-refractivity contribution in [2.24, 2.45) is 0 Å². The van der Waals surface area contributed by atoms with E-state index in [-0.39, 0.29) is 11.5 Å². The molecule has 0 saturated heterocycles. The molecule has 0 radical (unpaired) electrons. The lowest BCUT2D eigenvalue weighted by molar-refractivity contribution is -0.139. The van der Waals surface area contributed by atoms with Crippen molar-refractivity contribution in [1.29, 1.82) is 0 Å². The fourth-order valence-electron chi connectivity index (χ4n) is 3.65. The molecule has 1 N–H and O–H groups in total. The first-order chi connectivity index (χ1) is 15.6. The van der Waals surface area contributed by atoms with Crippen molar-refractivity contribution in [3.63, 3.8) is 0 Å². The number of aryl methyl sites for hydroxylation is 1. The molecular weight excluding hydrogens is 422 g/mol. The van der Waals surface area contributed by atoms with E-state index in [0.717, 1.165) is 40.1 Å². The van der Waals surface area contributed by atoms with Crippen LogP contribution in [0.3, 0.4) is 0 Å². The molecule has 0 fully saturated rings. The van der Waals surface area contributed by atoms with E-state index < -0.39 is 5.97 Å². The Morgan fingerprint density at radius 1 is 0.906 bits per heavy atom. The van der Waals surface area contributed by atoms with Gasteiger partial charge in [-0.25, -0.2) is 4.79 Å². The van der Waals surface area contributed by atoms with E-state index in [1.807, 2.05) is 83.4 Å². The van der Waals surface area contributed by atoms with Crippen molar-refractivity contribution in [3.8, 4) is 27.4 Å². The van der Waals surface area contributed by atoms with Gasteiger partial charge in [0.15, 0.2) is 6.61 Å². The minimum atomic E-state index is -1.00. The molecule has 0 aliphatic heterocycles. The number of carbonyl (C=O) groups is 1. The van der Waals surface area contributed by atoms with Gasteiger partial charge in [-0.2, -0.15) is 0 Å². The van der Waals surface area contributed by atoms with Gasteiger partial charge in [0.25, 0.3) is 0 Å². The quantitative estimate of drug-likeness (QED) is 0.378. The number of ether oxygens (including phenoxy) is 1. The van der Waals surface area contributed by atoms with Crippen LogP contribution in [-0.2, 0) is 17.8 Å². The van der Waals surface area contributed by atoms with Crippen molar-refractivity contribution in [3.05, 3.63) is 100 Å². The molecule has 0 amide bonds. The highest BCUT2D eigenvalue weighted by atomic mass is 32.1. The molecular formula is C26H23NO4S. The Bertz CT molecular complexity index is 1250. The third kappa shape index (κ3) is 5.15.